The van der Waals surface area contributed by atoms with E-state index < -0.39 is 6.55 Å². The second-order valence-electron chi connectivity index (χ2n) is 4.30. The van der Waals surface area contributed by atoms with Gasteiger partial charge in [-0.2, -0.15) is 8.78 Å². The molecule has 2 N–H and O–H groups in total. The molecule has 1 aliphatic heterocycles. The predicted molar refractivity (Wildman–Crippen MR) is 75.5 cm³/mol. The fraction of sp³-hybridized carbons (Fsp3) is 0.636. The highest BCUT2D eigenvalue weighted by atomic mass is 35.5. The zero-order chi connectivity index (χ0) is 13.0. The van der Waals surface area contributed by atoms with Gasteiger partial charge >= 0.3 is 6.55 Å². The van der Waals surface area contributed by atoms with Crippen molar-refractivity contribution in [1.82, 2.24) is 20.2 Å². The third-order valence-electron chi connectivity index (χ3n) is 3.00. The SMILES string of the molecule is Cl.Cl.O=C(CC1CCCN1)NCc1nccn1C(F)F. The maximum Gasteiger partial charge on any atom is 0.319 e. The van der Waals surface area contributed by atoms with Crippen LogP contribution in [0.4, 0.5) is 8.78 Å². The van der Waals surface area contributed by atoms with E-state index in [0.29, 0.717) is 6.42 Å². The quantitative estimate of drug-likeness (QED) is 0.866. The lowest BCUT2D eigenvalue weighted by molar-refractivity contribution is -0.121. The number of imidazole rings is 1. The number of aromatic nitrogens is 2. The van der Waals surface area contributed by atoms with Gasteiger partial charge < -0.3 is 10.6 Å². The Morgan fingerprint density at radius 3 is 2.90 bits per heavy atom. The summed E-state index contributed by atoms with van der Waals surface area (Å²) in [5.74, 6) is 0.0240. The van der Waals surface area contributed by atoms with Gasteiger partial charge in [0.15, 0.2) is 0 Å². The van der Waals surface area contributed by atoms with Crippen molar-refractivity contribution in [2.75, 3.05) is 6.54 Å². The van der Waals surface area contributed by atoms with Crippen LogP contribution < -0.4 is 10.6 Å². The van der Waals surface area contributed by atoms with Crippen LogP contribution in [0.25, 0.3) is 0 Å². The Hall–Kier alpha value is -0.920. The number of hydrogen-bond donors (Lipinski definition) is 2. The molecule has 1 atom stereocenters. The van der Waals surface area contributed by atoms with E-state index >= 15 is 0 Å². The van der Waals surface area contributed by atoms with Gasteiger partial charge in [-0.15, -0.1) is 24.8 Å². The molecule has 2 heterocycles. The lowest BCUT2D eigenvalue weighted by Crippen LogP contribution is -2.32. The Labute approximate surface area is 128 Å². The topological polar surface area (TPSA) is 59.0 Å². The summed E-state index contributed by atoms with van der Waals surface area (Å²) >= 11 is 0. The largest absolute Gasteiger partial charge is 0.349 e. The average Bonchev–Trinajstić information content (AvgIpc) is 2.96. The fourth-order valence-corrected chi connectivity index (χ4v) is 2.06. The first-order valence-corrected chi connectivity index (χ1v) is 5.97. The smallest absolute Gasteiger partial charge is 0.319 e. The maximum absolute atomic E-state index is 12.5. The number of nitrogens with one attached hydrogen (secondary N) is 2. The van der Waals surface area contributed by atoms with E-state index in [1.54, 1.807) is 0 Å². The summed E-state index contributed by atoms with van der Waals surface area (Å²) < 4.78 is 25.8. The number of hydrogen-bond acceptors (Lipinski definition) is 3. The number of amides is 1. The van der Waals surface area contributed by atoms with Crippen molar-refractivity contribution in [2.45, 2.75) is 38.4 Å². The van der Waals surface area contributed by atoms with Crippen LogP contribution >= 0.6 is 24.8 Å². The molecule has 1 fully saturated rings. The van der Waals surface area contributed by atoms with Crippen molar-refractivity contribution in [2.24, 2.45) is 0 Å². The first-order valence-electron chi connectivity index (χ1n) is 5.97. The Bertz CT molecular complexity index is 411. The predicted octanol–water partition coefficient (Wildman–Crippen LogP) is 1.88. The second kappa shape index (κ2) is 9.10. The number of rotatable bonds is 5. The van der Waals surface area contributed by atoms with Crippen LogP contribution in [0.2, 0.25) is 0 Å². The van der Waals surface area contributed by atoms with E-state index in [0.717, 1.165) is 24.0 Å². The molecule has 1 aliphatic rings. The van der Waals surface area contributed by atoms with Crippen LogP contribution in [-0.2, 0) is 11.3 Å². The van der Waals surface area contributed by atoms with Crippen molar-refractivity contribution in [3.63, 3.8) is 0 Å². The van der Waals surface area contributed by atoms with Crippen molar-refractivity contribution >= 4 is 30.7 Å². The van der Waals surface area contributed by atoms with E-state index in [9.17, 15) is 13.6 Å². The molecular formula is C11H18Cl2F2N4O. The summed E-state index contributed by atoms with van der Waals surface area (Å²) in [5, 5.41) is 5.82. The van der Waals surface area contributed by atoms with Crippen molar-refractivity contribution < 1.29 is 13.6 Å². The van der Waals surface area contributed by atoms with Gasteiger partial charge in [-0.05, 0) is 19.4 Å². The molecule has 1 unspecified atom stereocenters. The monoisotopic (exact) mass is 330 g/mol. The molecule has 1 saturated heterocycles. The normalized spacial score (nSPS) is 17.4. The minimum absolute atomic E-state index is 0. The molecular weight excluding hydrogens is 313 g/mol. The minimum Gasteiger partial charge on any atom is -0.349 e. The highest BCUT2D eigenvalue weighted by Crippen LogP contribution is 2.12. The lowest BCUT2D eigenvalue weighted by Gasteiger charge is -2.11. The van der Waals surface area contributed by atoms with E-state index in [1.165, 1.54) is 12.4 Å². The molecule has 0 saturated carbocycles. The minimum atomic E-state index is -2.63. The van der Waals surface area contributed by atoms with Crippen molar-refractivity contribution in [1.29, 1.82) is 0 Å². The molecule has 9 heteroatoms. The van der Waals surface area contributed by atoms with E-state index in [1.807, 2.05) is 0 Å². The Balaban J connectivity index is 0.00000180. The molecule has 0 aliphatic carbocycles. The van der Waals surface area contributed by atoms with Gasteiger partial charge in [-0.1, -0.05) is 0 Å². The van der Waals surface area contributed by atoms with Gasteiger partial charge in [0.2, 0.25) is 5.91 Å². The third-order valence-corrected chi connectivity index (χ3v) is 3.00. The van der Waals surface area contributed by atoms with Gasteiger partial charge in [0.25, 0.3) is 0 Å². The molecule has 1 aromatic heterocycles. The molecule has 2 rings (SSSR count). The molecule has 20 heavy (non-hydrogen) atoms. The third kappa shape index (κ3) is 5.22. The summed E-state index contributed by atoms with van der Waals surface area (Å²) in [6.07, 6.45) is 4.94. The zero-order valence-electron chi connectivity index (χ0n) is 10.7. The Kier molecular flexibility index (Phi) is 8.68. The summed E-state index contributed by atoms with van der Waals surface area (Å²) in [7, 11) is 0. The Morgan fingerprint density at radius 2 is 2.30 bits per heavy atom. The van der Waals surface area contributed by atoms with Crippen molar-refractivity contribution in [3.8, 4) is 0 Å². The van der Waals surface area contributed by atoms with Gasteiger partial charge in [0.05, 0.1) is 6.54 Å². The van der Waals surface area contributed by atoms with Gasteiger partial charge in [0.1, 0.15) is 5.82 Å². The van der Waals surface area contributed by atoms with Crippen LogP contribution in [0.3, 0.4) is 0 Å². The molecule has 0 spiro atoms. The van der Waals surface area contributed by atoms with E-state index in [-0.39, 0.29) is 49.1 Å². The summed E-state index contributed by atoms with van der Waals surface area (Å²) in [5.41, 5.74) is 0. The molecule has 0 bridgehead atoms. The van der Waals surface area contributed by atoms with Gasteiger partial charge in [0, 0.05) is 24.9 Å². The molecule has 1 amide bonds. The Morgan fingerprint density at radius 1 is 1.55 bits per heavy atom. The number of carbonyl (C=O) groups excluding carboxylic acids is 1. The number of nitrogens with zero attached hydrogens (tertiary/aromatic N) is 2. The van der Waals surface area contributed by atoms with Crippen LogP contribution in [-0.4, -0.2) is 28.0 Å². The molecule has 116 valence electrons. The first-order chi connectivity index (χ1) is 8.66. The highest BCUT2D eigenvalue weighted by molar-refractivity contribution is 5.85. The fourth-order valence-electron chi connectivity index (χ4n) is 2.06. The summed E-state index contributed by atoms with van der Waals surface area (Å²) in [4.78, 5) is 15.4. The standard InChI is InChI=1S/C11H16F2N4O.2ClH/c12-11(13)17-5-4-15-9(17)7-16-10(18)6-8-2-1-3-14-8;;/h4-5,8,11,14H,1-3,6-7H2,(H,16,18);2*1H. The molecule has 0 aromatic carbocycles. The molecule has 1 aromatic rings. The maximum atomic E-state index is 12.5. The molecule has 0 radical (unpaired) electrons. The number of alkyl halides is 2. The van der Waals surface area contributed by atoms with E-state index in [4.69, 9.17) is 0 Å². The zero-order valence-corrected chi connectivity index (χ0v) is 12.4. The van der Waals surface area contributed by atoms with Crippen molar-refractivity contribution in [3.05, 3.63) is 18.2 Å². The first kappa shape index (κ1) is 19.1. The second-order valence-corrected chi connectivity index (χ2v) is 4.30. The number of carbonyl (C=O) groups is 1. The lowest BCUT2D eigenvalue weighted by atomic mass is 10.1. The highest BCUT2D eigenvalue weighted by Gasteiger charge is 2.18. The van der Waals surface area contributed by atoms with Crippen LogP contribution in [0, 0.1) is 0 Å². The van der Waals surface area contributed by atoms with Gasteiger partial charge in [-0.3, -0.25) is 9.36 Å². The van der Waals surface area contributed by atoms with Crippen LogP contribution in [0.1, 0.15) is 31.6 Å². The summed E-state index contributed by atoms with van der Waals surface area (Å²) in [6.45, 7) is -1.66. The van der Waals surface area contributed by atoms with E-state index in [2.05, 4.69) is 15.6 Å². The van der Waals surface area contributed by atoms with Gasteiger partial charge in [-0.25, -0.2) is 4.98 Å². The summed E-state index contributed by atoms with van der Waals surface area (Å²) in [6, 6.07) is 0.208. The number of halogens is 4. The molecule has 5 nitrogen and oxygen atoms in total. The average molecular weight is 331 g/mol. The van der Waals surface area contributed by atoms with Crippen LogP contribution in [0.5, 0.6) is 0 Å². The van der Waals surface area contributed by atoms with Crippen LogP contribution in [0.15, 0.2) is 12.4 Å².